The van der Waals surface area contributed by atoms with Crippen LogP contribution < -0.4 is 24.8 Å². The molecule has 54 heavy (non-hydrogen) atoms. The highest BCUT2D eigenvalue weighted by Crippen LogP contribution is 2.47. The molecule has 3 fully saturated rings. The molecule has 1 saturated heterocycles. The maximum Gasteiger partial charge on any atom is 0.408 e. The van der Waals surface area contributed by atoms with Crippen LogP contribution in [0.15, 0.2) is 30.4 Å². The maximum absolute atomic E-state index is 14.6. The number of alkyl carbamates (subject to hydrolysis) is 1. The van der Waals surface area contributed by atoms with Gasteiger partial charge >= 0.3 is 6.09 Å². The molecular weight excluding hydrogens is 717 g/mol. The fourth-order valence-electron chi connectivity index (χ4n) is 7.77. The van der Waals surface area contributed by atoms with Gasteiger partial charge in [0.2, 0.25) is 27.7 Å². The number of ether oxygens (including phenoxy) is 3. The molecule has 2 saturated carbocycles. The third kappa shape index (κ3) is 7.85. The van der Waals surface area contributed by atoms with Crippen LogP contribution in [0.2, 0.25) is 0 Å². The number of aromatic nitrogens is 2. The Bertz CT molecular complexity index is 1980. The summed E-state index contributed by atoms with van der Waals surface area (Å²) in [5, 5.41) is 4.80. The van der Waals surface area contributed by atoms with Crippen molar-refractivity contribution in [3.63, 3.8) is 0 Å². The Labute approximate surface area is 315 Å². The van der Waals surface area contributed by atoms with Crippen molar-refractivity contribution >= 4 is 44.9 Å². The minimum atomic E-state index is -3.98. The van der Waals surface area contributed by atoms with Gasteiger partial charge in [0, 0.05) is 12.5 Å². The van der Waals surface area contributed by atoms with Crippen LogP contribution in [0.4, 0.5) is 4.79 Å². The molecule has 4 amide bonds. The zero-order valence-electron chi connectivity index (χ0n) is 31.4. The molecule has 1 aromatic heterocycles. The van der Waals surface area contributed by atoms with Gasteiger partial charge in [0.05, 0.1) is 24.7 Å². The van der Waals surface area contributed by atoms with E-state index in [1.165, 1.54) is 17.1 Å². The second-order valence-electron chi connectivity index (χ2n) is 16.4. The molecule has 1 aromatic carbocycles. The number of hydrogen-bond donors (Lipinski definition) is 3. The number of hydrogen-bond acceptors (Lipinski definition) is 11. The van der Waals surface area contributed by atoms with Gasteiger partial charge in [0.25, 0.3) is 5.91 Å². The summed E-state index contributed by atoms with van der Waals surface area (Å²) in [5.74, 6) is -1.09. The molecule has 3 N–H and O–H groups in total. The Morgan fingerprint density at radius 3 is 2.54 bits per heavy atom. The third-order valence-electron chi connectivity index (χ3n) is 11.3. The van der Waals surface area contributed by atoms with Crippen LogP contribution in [-0.4, -0.2) is 95.8 Å². The second-order valence-corrected chi connectivity index (χ2v) is 18.2. The van der Waals surface area contributed by atoms with Gasteiger partial charge in [0.15, 0.2) is 0 Å². The number of fused-ring (bicyclic) bond motifs is 5. The Morgan fingerprint density at radius 2 is 1.85 bits per heavy atom. The van der Waals surface area contributed by atoms with Gasteiger partial charge < -0.3 is 29.7 Å². The zero-order valence-corrected chi connectivity index (χ0v) is 32.2. The van der Waals surface area contributed by atoms with E-state index >= 15 is 0 Å². The van der Waals surface area contributed by atoms with Crippen LogP contribution >= 0.6 is 0 Å². The summed E-state index contributed by atoms with van der Waals surface area (Å²) in [7, 11) is -2.41. The van der Waals surface area contributed by atoms with Gasteiger partial charge in [-0.25, -0.2) is 23.2 Å². The predicted molar refractivity (Wildman–Crippen MR) is 197 cm³/mol. The van der Waals surface area contributed by atoms with Gasteiger partial charge in [-0.15, -0.1) is 0 Å². The van der Waals surface area contributed by atoms with Crippen molar-refractivity contribution in [3.8, 4) is 11.6 Å². The first-order valence-corrected chi connectivity index (χ1v) is 20.5. The molecule has 0 spiro atoms. The van der Waals surface area contributed by atoms with E-state index in [0.29, 0.717) is 41.2 Å². The Balaban J connectivity index is 1.21. The van der Waals surface area contributed by atoms with E-state index in [0.717, 1.165) is 32.1 Å². The monoisotopic (exact) mass is 766 g/mol. The first kappa shape index (κ1) is 37.8. The van der Waals surface area contributed by atoms with Crippen molar-refractivity contribution in [1.29, 1.82) is 0 Å². The maximum atomic E-state index is 14.6. The van der Waals surface area contributed by atoms with Crippen LogP contribution in [-0.2, 0) is 35.6 Å². The van der Waals surface area contributed by atoms with E-state index in [4.69, 9.17) is 24.2 Å². The van der Waals surface area contributed by atoms with E-state index in [1.807, 2.05) is 39.8 Å². The number of benzene rings is 1. The van der Waals surface area contributed by atoms with Gasteiger partial charge in [-0.1, -0.05) is 59.1 Å². The second kappa shape index (κ2) is 14.3. The van der Waals surface area contributed by atoms with Crippen LogP contribution in [0.5, 0.6) is 11.6 Å². The summed E-state index contributed by atoms with van der Waals surface area (Å²) >= 11 is 0. The lowest BCUT2D eigenvalue weighted by Gasteiger charge is -2.35. The zero-order chi connectivity index (χ0) is 38.6. The Morgan fingerprint density at radius 1 is 1.07 bits per heavy atom. The van der Waals surface area contributed by atoms with Gasteiger partial charge in [0.1, 0.15) is 46.5 Å². The topological polar surface area (TPSA) is 195 Å². The molecule has 2 bridgehead atoms. The van der Waals surface area contributed by atoms with Gasteiger partial charge in [-0.2, -0.15) is 0 Å². The number of carbonyl (C=O) groups is 4. The fraction of sp³-hybridized carbons (Fsp3) is 0.632. The first-order valence-electron chi connectivity index (χ1n) is 19.0. The normalized spacial score (nSPS) is 30.1. The highest BCUT2D eigenvalue weighted by atomic mass is 32.2. The molecule has 0 unspecified atom stereocenters. The van der Waals surface area contributed by atoms with Crippen molar-refractivity contribution in [1.82, 2.24) is 30.2 Å². The molecule has 2 aromatic rings. The van der Waals surface area contributed by atoms with E-state index in [9.17, 15) is 27.6 Å². The Kier molecular flexibility index (Phi) is 10.0. The van der Waals surface area contributed by atoms with Crippen LogP contribution in [0.1, 0.15) is 84.8 Å². The summed E-state index contributed by atoms with van der Waals surface area (Å²) in [6.07, 6.45) is 7.09. The molecule has 0 radical (unpaired) electrons. The fourth-order valence-corrected chi connectivity index (χ4v) is 8.85. The van der Waals surface area contributed by atoms with Crippen molar-refractivity contribution in [3.05, 3.63) is 36.0 Å². The number of carbonyl (C=O) groups excluding carboxylic acids is 4. The minimum absolute atomic E-state index is 0.0275. The average molecular weight is 767 g/mol. The number of sulfonamides is 1. The van der Waals surface area contributed by atoms with E-state index in [1.54, 1.807) is 13.2 Å². The van der Waals surface area contributed by atoms with Crippen LogP contribution in [0.3, 0.4) is 0 Å². The number of nitrogens with zero attached hydrogens (tertiary/aromatic N) is 3. The summed E-state index contributed by atoms with van der Waals surface area (Å²) in [6, 6.07) is 3.24. The summed E-state index contributed by atoms with van der Waals surface area (Å²) < 4.78 is 45.3. The van der Waals surface area contributed by atoms with Gasteiger partial charge in [-0.3, -0.25) is 19.1 Å². The number of rotatable bonds is 7. The molecule has 292 valence electrons. The van der Waals surface area contributed by atoms with Crippen molar-refractivity contribution in [2.24, 2.45) is 17.3 Å². The number of nitrogens with one attached hydrogen (secondary N) is 3. The predicted octanol–water partition coefficient (Wildman–Crippen LogP) is 3.30. The molecule has 7 rings (SSSR count). The lowest BCUT2D eigenvalue weighted by Crippen LogP contribution is -2.60. The van der Waals surface area contributed by atoms with E-state index in [-0.39, 0.29) is 37.3 Å². The molecule has 3 heterocycles. The van der Waals surface area contributed by atoms with E-state index < -0.39 is 68.2 Å². The molecule has 2 aliphatic heterocycles. The quantitative estimate of drug-likeness (QED) is 0.350. The average Bonchev–Trinajstić information content (AvgIpc) is 4.04. The first-order chi connectivity index (χ1) is 25.6. The van der Waals surface area contributed by atoms with Crippen molar-refractivity contribution < 1.29 is 41.8 Å². The lowest BCUT2D eigenvalue weighted by molar-refractivity contribution is -0.143. The summed E-state index contributed by atoms with van der Waals surface area (Å²) in [5.41, 5.74) is -0.338. The summed E-state index contributed by atoms with van der Waals surface area (Å²) in [6.45, 7) is 7.28. The smallest absolute Gasteiger partial charge is 0.408 e. The highest BCUT2D eigenvalue weighted by Gasteiger charge is 2.62. The molecule has 16 heteroatoms. The summed E-state index contributed by atoms with van der Waals surface area (Å²) in [4.78, 5) is 66.9. The van der Waals surface area contributed by atoms with Crippen LogP contribution in [0.25, 0.3) is 11.0 Å². The lowest BCUT2D eigenvalue weighted by atomic mass is 9.85. The van der Waals surface area contributed by atoms with Crippen molar-refractivity contribution in [2.75, 3.05) is 13.7 Å². The number of amides is 4. The van der Waals surface area contributed by atoms with Gasteiger partial charge in [-0.05, 0) is 61.5 Å². The molecule has 5 aliphatic rings. The molecule has 3 aliphatic carbocycles. The Hall–Kier alpha value is -4.47. The third-order valence-corrected chi connectivity index (χ3v) is 12.8. The van der Waals surface area contributed by atoms with Crippen molar-refractivity contribution in [2.45, 2.75) is 121 Å². The molecule has 15 nitrogen and oxygen atoms in total. The number of aryl methyl sites for hydroxylation is 1. The SMILES string of the molecule is CC[C@@H]1C[C@]1(NC(=O)[C@@H]1C[C@@H]2CN1C(=O)[C@H](C(C)(C)C)NC(=O)O[C@@H]1C[C@H]1CCCCCc1nc3ccc(OC)cc3nc1O2)C(=O)NS(=O)(=O)C1C=C1. The highest BCUT2D eigenvalue weighted by molar-refractivity contribution is 7.91. The van der Waals surface area contributed by atoms with E-state index in [2.05, 4.69) is 15.4 Å². The number of methoxy groups -OCH3 is 1. The molecular formula is C38H50N6O9S. The minimum Gasteiger partial charge on any atom is -0.497 e. The molecule has 7 atom stereocenters. The largest absolute Gasteiger partial charge is 0.497 e. The standard InChI is InChI=1S/C38H50N6O9S/c1-6-22-19-38(22,35(47)43-54(49,50)25-13-14-25)42-32(45)29-18-24-20-44(29)34(46)31(37(2,3)4)41-36(48)53-30-16-21(30)10-8-7-9-11-27-33(52-24)40-28-17-23(51-5)12-15-26(28)39-27/h12-15,17,21-22,24-25,29-31H,6-11,16,18-20H2,1-5H3,(H,41,48)(H,42,45)(H,43,47)/t21-,22-,24-,29+,30-,31-,38-/m1/s1. The van der Waals surface area contributed by atoms with Crippen LogP contribution in [0, 0.1) is 17.3 Å².